The van der Waals surface area contributed by atoms with Crippen molar-refractivity contribution in [3.05, 3.63) is 42.4 Å². The number of rotatable bonds is 1. The number of aromatic hydroxyl groups is 1. The minimum absolute atomic E-state index is 0.105. The molecule has 0 amide bonds. The third-order valence-electron chi connectivity index (χ3n) is 2.15. The van der Waals surface area contributed by atoms with Gasteiger partial charge in [-0.15, -0.1) is 0 Å². The van der Waals surface area contributed by atoms with Crippen molar-refractivity contribution in [3.8, 4) is 17.0 Å². The quantitative estimate of drug-likeness (QED) is 0.833. The summed E-state index contributed by atoms with van der Waals surface area (Å²) in [6.07, 6.45) is -1.20. The number of alkyl halides is 3. The molecule has 88 valence electrons. The van der Waals surface area contributed by atoms with E-state index in [4.69, 9.17) is 5.11 Å². The molecule has 0 bridgehead atoms. The molecule has 17 heavy (non-hydrogen) atoms. The van der Waals surface area contributed by atoms with E-state index >= 15 is 0 Å². The van der Waals surface area contributed by atoms with Gasteiger partial charge in [-0.1, -0.05) is 0 Å². The van der Waals surface area contributed by atoms with Crippen LogP contribution in [0.3, 0.4) is 0 Å². The highest BCUT2D eigenvalue weighted by Gasteiger charge is 2.33. The Bertz CT molecular complexity index is 523. The Kier molecular flexibility index (Phi) is 2.71. The molecule has 2 heterocycles. The van der Waals surface area contributed by atoms with Crippen LogP contribution in [0.2, 0.25) is 0 Å². The third kappa shape index (κ3) is 2.35. The molecule has 0 radical (unpaired) electrons. The van der Waals surface area contributed by atoms with Crippen LogP contribution in [-0.2, 0) is 6.18 Å². The van der Waals surface area contributed by atoms with Crippen LogP contribution in [0.5, 0.6) is 5.75 Å². The zero-order valence-electron chi connectivity index (χ0n) is 8.44. The number of aromatic nitrogens is 2. The van der Waals surface area contributed by atoms with Crippen LogP contribution in [-0.4, -0.2) is 15.1 Å². The lowest BCUT2D eigenvalue weighted by molar-refractivity contribution is -0.137. The molecule has 6 heteroatoms. The predicted octanol–water partition coefficient (Wildman–Crippen LogP) is 2.87. The van der Waals surface area contributed by atoms with E-state index in [1.807, 2.05) is 0 Å². The van der Waals surface area contributed by atoms with E-state index in [0.29, 0.717) is 0 Å². The van der Waals surface area contributed by atoms with Crippen molar-refractivity contribution in [1.29, 1.82) is 0 Å². The van der Waals surface area contributed by atoms with Gasteiger partial charge in [0.25, 0.3) is 0 Å². The molecule has 0 fully saturated rings. The molecule has 0 spiro atoms. The highest BCUT2D eigenvalue weighted by atomic mass is 19.4. The van der Waals surface area contributed by atoms with Crippen molar-refractivity contribution in [2.24, 2.45) is 0 Å². The molecule has 3 nitrogen and oxygen atoms in total. The van der Waals surface area contributed by atoms with Gasteiger partial charge in [0, 0.05) is 18.0 Å². The van der Waals surface area contributed by atoms with Crippen molar-refractivity contribution in [2.75, 3.05) is 0 Å². The third-order valence-corrected chi connectivity index (χ3v) is 2.15. The maximum atomic E-state index is 12.7. The number of halogens is 3. The zero-order valence-corrected chi connectivity index (χ0v) is 8.44. The first kappa shape index (κ1) is 11.4. The maximum Gasteiger partial charge on any atom is 0.417 e. The summed E-state index contributed by atoms with van der Waals surface area (Å²) in [7, 11) is 0. The van der Waals surface area contributed by atoms with E-state index < -0.39 is 11.7 Å². The van der Waals surface area contributed by atoms with Gasteiger partial charge in [-0.25, -0.2) is 0 Å². The van der Waals surface area contributed by atoms with Gasteiger partial charge in [0.1, 0.15) is 5.75 Å². The molecule has 0 aliphatic rings. The summed E-state index contributed by atoms with van der Waals surface area (Å²) in [4.78, 5) is 7.39. The van der Waals surface area contributed by atoms with Crippen molar-refractivity contribution in [2.45, 2.75) is 6.18 Å². The molecule has 0 aliphatic carbocycles. The fourth-order valence-electron chi connectivity index (χ4n) is 1.39. The van der Waals surface area contributed by atoms with Gasteiger partial charge < -0.3 is 5.11 Å². The van der Waals surface area contributed by atoms with Gasteiger partial charge in [-0.2, -0.15) is 13.2 Å². The van der Waals surface area contributed by atoms with Crippen molar-refractivity contribution in [3.63, 3.8) is 0 Å². The summed E-state index contributed by atoms with van der Waals surface area (Å²) >= 11 is 0. The lowest BCUT2D eigenvalue weighted by Crippen LogP contribution is -2.07. The Labute approximate surface area is 94.6 Å². The SMILES string of the molecule is Oc1ccc(-c2cnccc2C(F)(F)F)nc1. The van der Waals surface area contributed by atoms with Gasteiger partial charge in [-0.05, 0) is 18.2 Å². The zero-order chi connectivity index (χ0) is 12.5. The lowest BCUT2D eigenvalue weighted by Gasteiger charge is -2.11. The fourth-order valence-corrected chi connectivity index (χ4v) is 1.39. The van der Waals surface area contributed by atoms with Crippen molar-refractivity contribution in [1.82, 2.24) is 9.97 Å². The lowest BCUT2D eigenvalue weighted by atomic mass is 10.1. The second kappa shape index (κ2) is 4.04. The van der Waals surface area contributed by atoms with E-state index in [9.17, 15) is 13.2 Å². The molecular formula is C11H7F3N2O. The van der Waals surface area contributed by atoms with Crippen LogP contribution >= 0.6 is 0 Å². The molecule has 0 unspecified atom stereocenters. The normalized spacial score (nSPS) is 11.5. The highest BCUT2D eigenvalue weighted by molar-refractivity contribution is 5.63. The number of hydrogen-bond acceptors (Lipinski definition) is 3. The molecule has 0 aromatic carbocycles. The molecular weight excluding hydrogens is 233 g/mol. The van der Waals surface area contributed by atoms with Gasteiger partial charge in [-0.3, -0.25) is 9.97 Å². The summed E-state index contributed by atoms with van der Waals surface area (Å²) in [5.74, 6) is -0.105. The molecule has 2 aromatic rings. The van der Waals surface area contributed by atoms with Crippen LogP contribution in [0.25, 0.3) is 11.3 Å². The van der Waals surface area contributed by atoms with E-state index in [2.05, 4.69) is 9.97 Å². The first-order chi connectivity index (χ1) is 7.98. The summed E-state index contributed by atoms with van der Waals surface area (Å²) in [6.45, 7) is 0. The van der Waals surface area contributed by atoms with E-state index in [1.165, 1.54) is 12.1 Å². The Balaban J connectivity index is 2.56. The largest absolute Gasteiger partial charge is 0.506 e. The van der Waals surface area contributed by atoms with Crippen LogP contribution in [0.15, 0.2) is 36.8 Å². The summed E-state index contributed by atoms with van der Waals surface area (Å²) < 4.78 is 38.1. The summed E-state index contributed by atoms with van der Waals surface area (Å²) in [6, 6.07) is 3.47. The minimum atomic E-state index is -4.46. The molecule has 0 atom stereocenters. The van der Waals surface area contributed by atoms with Gasteiger partial charge in [0.05, 0.1) is 17.5 Å². The van der Waals surface area contributed by atoms with Crippen LogP contribution in [0, 0.1) is 0 Å². The van der Waals surface area contributed by atoms with Gasteiger partial charge in [0.2, 0.25) is 0 Å². The molecule has 0 aliphatic heterocycles. The minimum Gasteiger partial charge on any atom is -0.506 e. The Morgan fingerprint density at radius 2 is 1.82 bits per heavy atom. The average molecular weight is 240 g/mol. The highest BCUT2D eigenvalue weighted by Crippen LogP contribution is 2.35. The maximum absolute atomic E-state index is 12.7. The van der Waals surface area contributed by atoms with Crippen molar-refractivity contribution < 1.29 is 18.3 Å². The first-order valence-electron chi connectivity index (χ1n) is 4.65. The van der Waals surface area contributed by atoms with E-state index in [1.54, 1.807) is 0 Å². The first-order valence-corrected chi connectivity index (χ1v) is 4.65. The fraction of sp³-hybridized carbons (Fsp3) is 0.0909. The van der Waals surface area contributed by atoms with Crippen LogP contribution in [0.4, 0.5) is 13.2 Å². The number of pyridine rings is 2. The van der Waals surface area contributed by atoms with E-state index in [0.717, 1.165) is 24.7 Å². The van der Waals surface area contributed by atoms with Crippen LogP contribution < -0.4 is 0 Å². The molecule has 0 saturated heterocycles. The monoisotopic (exact) mass is 240 g/mol. The van der Waals surface area contributed by atoms with Crippen molar-refractivity contribution >= 4 is 0 Å². The molecule has 2 aromatic heterocycles. The second-order valence-electron chi connectivity index (χ2n) is 3.32. The molecule has 2 rings (SSSR count). The van der Waals surface area contributed by atoms with E-state index in [-0.39, 0.29) is 17.0 Å². The van der Waals surface area contributed by atoms with Gasteiger partial charge >= 0.3 is 6.18 Å². The smallest absolute Gasteiger partial charge is 0.417 e. The second-order valence-corrected chi connectivity index (χ2v) is 3.32. The molecule has 0 saturated carbocycles. The Morgan fingerprint density at radius 1 is 1.06 bits per heavy atom. The standard InChI is InChI=1S/C11H7F3N2O/c12-11(13,14)9-3-4-15-6-8(9)10-2-1-7(17)5-16-10/h1-6,17H. The summed E-state index contributed by atoms with van der Waals surface area (Å²) in [5.41, 5.74) is -0.797. The van der Waals surface area contributed by atoms with Gasteiger partial charge in [0.15, 0.2) is 0 Å². The molecule has 1 N–H and O–H groups in total. The number of nitrogens with zero attached hydrogens (tertiary/aromatic N) is 2. The summed E-state index contributed by atoms with van der Waals surface area (Å²) in [5, 5.41) is 9.03. The topological polar surface area (TPSA) is 46.0 Å². The average Bonchev–Trinajstić information content (AvgIpc) is 2.29. The predicted molar refractivity (Wildman–Crippen MR) is 54.1 cm³/mol. The van der Waals surface area contributed by atoms with Crippen LogP contribution in [0.1, 0.15) is 5.56 Å². The Hall–Kier alpha value is -2.11. The Morgan fingerprint density at radius 3 is 2.41 bits per heavy atom. The number of hydrogen-bond donors (Lipinski definition) is 1.